The Morgan fingerprint density at radius 1 is 1.10 bits per heavy atom. The molecule has 0 atom stereocenters. The maximum Gasteiger partial charge on any atom is 0.471 e. The largest absolute Gasteiger partial charge is 0.471 e. The van der Waals surface area contributed by atoms with E-state index in [0.717, 1.165) is 11.0 Å². The van der Waals surface area contributed by atoms with E-state index in [-0.39, 0.29) is 38.3 Å². The van der Waals surface area contributed by atoms with E-state index in [1.165, 1.54) is 12.1 Å². The summed E-state index contributed by atoms with van der Waals surface area (Å²) in [6.07, 6.45) is -4.88. The van der Waals surface area contributed by atoms with Crippen LogP contribution >= 0.6 is 0 Å². The molecular weight excluding hydrogens is 295 g/mol. The molecule has 1 aliphatic rings. The first-order chi connectivity index (χ1) is 9.79. The van der Waals surface area contributed by atoms with Crippen LogP contribution in [-0.4, -0.2) is 48.1 Å². The van der Waals surface area contributed by atoms with Crippen LogP contribution in [0.4, 0.5) is 22.0 Å². The van der Waals surface area contributed by atoms with E-state index >= 15 is 0 Å². The summed E-state index contributed by atoms with van der Waals surface area (Å²) in [7, 11) is 0. The van der Waals surface area contributed by atoms with Crippen LogP contribution in [0, 0.1) is 11.6 Å². The number of rotatable bonds is 2. The molecule has 1 aliphatic heterocycles. The zero-order chi connectivity index (χ0) is 15.6. The van der Waals surface area contributed by atoms with Crippen LogP contribution in [0.2, 0.25) is 0 Å². The van der Waals surface area contributed by atoms with Gasteiger partial charge < -0.3 is 4.90 Å². The van der Waals surface area contributed by atoms with Gasteiger partial charge in [-0.3, -0.25) is 9.69 Å². The van der Waals surface area contributed by atoms with Crippen molar-refractivity contribution in [3.05, 3.63) is 35.4 Å². The maximum atomic E-state index is 13.5. The molecular formula is C13H13F5N2O. The number of carbonyl (C=O) groups is 1. The molecule has 1 heterocycles. The Morgan fingerprint density at radius 3 is 2.29 bits per heavy atom. The topological polar surface area (TPSA) is 23.6 Å². The van der Waals surface area contributed by atoms with Crippen molar-refractivity contribution in [2.75, 3.05) is 26.2 Å². The smallest absolute Gasteiger partial charge is 0.332 e. The molecule has 0 aromatic heterocycles. The third-order valence-corrected chi connectivity index (χ3v) is 3.33. The van der Waals surface area contributed by atoms with E-state index in [9.17, 15) is 26.7 Å². The van der Waals surface area contributed by atoms with Gasteiger partial charge in [0.1, 0.15) is 0 Å². The Morgan fingerprint density at radius 2 is 1.71 bits per heavy atom. The molecule has 1 fully saturated rings. The molecule has 1 aromatic carbocycles. The Kier molecular flexibility index (Phi) is 4.46. The normalized spacial score (nSPS) is 17.1. The fraction of sp³-hybridized carbons (Fsp3) is 0.462. The predicted molar refractivity (Wildman–Crippen MR) is 64.3 cm³/mol. The first-order valence-electron chi connectivity index (χ1n) is 6.30. The van der Waals surface area contributed by atoms with Crippen LogP contribution < -0.4 is 0 Å². The Balaban J connectivity index is 1.93. The number of carbonyl (C=O) groups excluding carboxylic acids is 1. The molecule has 1 saturated heterocycles. The molecule has 2 rings (SSSR count). The molecule has 3 nitrogen and oxygen atoms in total. The lowest BCUT2D eigenvalue weighted by molar-refractivity contribution is -0.187. The highest BCUT2D eigenvalue weighted by molar-refractivity contribution is 5.81. The van der Waals surface area contributed by atoms with Gasteiger partial charge in [0, 0.05) is 38.3 Å². The lowest BCUT2D eigenvalue weighted by Gasteiger charge is -2.35. The van der Waals surface area contributed by atoms with Crippen LogP contribution in [0.1, 0.15) is 5.56 Å². The number of benzene rings is 1. The number of amides is 1. The van der Waals surface area contributed by atoms with Gasteiger partial charge in [-0.25, -0.2) is 8.78 Å². The summed E-state index contributed by atoms with van der Waals surface area (Å²) in [4.78, 5) is 13.5. The zero-order valence-electron chi connectivity index (χ0n) is 11.0. The van der Waals surface area contributed by atoms with E-state index < -0.39 is 23.7 Å². The lowest BCUT2D eigenvalue weighted by Crippen LogP contribution is -2.52. The van der Waals surface area contributed by atoms with Crippen molar-refractivity contribution < 1.29 is 26.7 Å². The van der Waals surface area contributed by atoms with Crippen molar-refractivity contribution in [3.63, 3.8) is 0 Å². The number of hydrogen-bond acceptors (Lipinski definition) is 2. The minimum Gasteiger partial charge on any atom is -0.332 e. The molecule has 1 amide bonds. The minimum absolute atomic E-state index is 0.0880. The van der Waals surface area contributed by atoms with Gasteiger partial charge in [-0.2, -0.15) is 13.2 Å². The van der Waals surface area contributed by atoms with Crippen LogP contribution in [0.5, 0.6) is 0 Å². The summed E-state index contributed by atoms with van der Waals surface area (Å²) in [6, 6.07) is 3.79. The highest BCUT2D eigenvalue weighted by Gasteiger charge is 2.43. The molecule has 0 spiro atoms. The van der Waals surface area contributed by atoms with Crippen molar-refractivity contribution in [1.29, 1.82) is 0 Å². The van der Waals surface area contributed by atoms with E-state index in [0.29, 0.717) is 0 Å². The van der Waals surface area contributed by atoms with E-state index in [1.807, 2.05) is 0 Å². The summed E-state index contributed by atoms with van der Waals surface area (Å²) >= 11 is 0. The number of alkyl halides is 3. The summed E-state index contributed by atoms with van der Waals surface area (Å²) in [5.41, 5.74) is 0.144. The standard InChI is InChI=1S/C13H13F5N2O/c14-10-3-1-2-9(11(10)15)8-19-4-6-20(7-5-19)12(21)13(16,17)18/h1-3H,4-8H2. The van der Waals surface area contributed by atoms with Gasteiger partial charge >= 0.3 is 12.1 Å². The fourth-order valence-electron chi connectivity index (χ4n) is 2.20. The quantitative estimate of drug-likeness (QED) is 0.782. The van der Waals surface area contributed by atoms with Gasteiger partial charge in [0.05, 0.1) is 0 Å². The molecule has 0 radical (unpaired) electrons. The van der Waals surface area contributed by atoms with Gasteiger partial charge in [0.25, 0.3) is 0 Å². The van der Waals surface area contributed by atoms with Crippen LogP contribution in [-0.2, 0) is 11.3 Å². The van der Waals surface area contributed by atoms with Crippen molar-refractivity contribution in [3.8, 4) is 0 Å². The zero-order valence-corrected chi connectivity index (χ0v) is 11.0. The van der Waals surface area contributed by atoms with Crippen molar-refractivity contribution >= 4 is 5.91 Å². The average molecular weight is 308 g/mol. The van der Waals surface area contributed by atoms with E-state index in [4.69, 9.17) is 0 Å². The second-order valence-corrected chi connectivity index (χ2v) is 4.78. The molecule has 1 aromatic rings. The summed E-state index contributed by atoms with van der Waals surface area (Å²) < 4.78 is 63.4. The number of nitrogens with zero attached hydrogens (tertiary/aromatic N) is 2. The molecule has 116 valence electrons. The fourth-order valence-corrected chi connectivity index (χ4v) is 2.20. The Hall–Kier alpha value is -1.70. The predicted octanol–water partition coefficient (Wildman–Crippen LogP) is 2.17. The molecule has 21 heavy (non-hydrogen) atoms. The van der Waals surface area contributed by atoms with Crippen molar-refractivity contribution in [2.45, 2.75) is 12.7 Å². The molecule has 0 bridgehead atoms. The lowest BCUT2D eigenvalue weighted by atomic mass is 10.1. The van der Waals surface area contributed by atoms with Crippen LogP contribution in [0.3, 0.4) is 0 Å². The highest BCUT2D eigenvalue weighted by Crippen LogP contribution is 2.20. The molecule has 0 saturated carbocycles. The van der Waals surface area contributed by atoms with Crippen molar-refractivity contribution in [1.82, 2.24) is 9.80 Å². The van der Waals surface area contributed by atoms with Crippen LogP contribution in [0.15, 0.2) is 18.2 Å². The second kappa shape index (κ2) is 5.97. The Labute approximate surface area is 117 Å². The third-order valence-electron chi connectivity index (χ3n) is 3.33. The SMILES string of the molecule is O=C(N1CCN(Cc2cccc(F)c2F)CC1)C(F)(F)F. The average Bonchev–Trinajstić information content (AvgIpc) is 2.43. The summed E-state index contributed by atoms with van der Waals surface area (Å²) in [6.45, 7) is 0.276. The first-order valence-corrected chi connectivity index (χ1v) is 6.30. The summed E-state index contributed by atoms with van der Waals surface area (Å²) in [5.74, 6) is -3.77. The Bertz CT molecular complexity index is 524. The molecule has 0 unspecified atom stereocenters. The van der Waals surface area contributed by atoms with E-state index in [2.05, 4.69) is 0 Å². The maximum absolute atomic E-state index is 13.5. The third kappa shape index (κ3) is 3.69. The van der Waals surface area contributed by atoms with Gasteiger partial charge in [-0.1, -0.05) is 12.1 Å². The molecule has 0 aliphatic carbocycles. The van der Waals surface area contributed by atoms with Gasteiger partial charge in [-0.05, 0) is 6.07 Å². The van der Waals surface area contributed by atoms with Gasteiger partial charge in [-0.15, -0.1) is 0 Å². The van der Waals surface area contributed by atoms with Gasteiger partial charge in [0.15, 0.2) is 11.6 Å². The molecule has 8 heteroatoms. The van der Waals surface area contributed by atoms with Crippen molar-refractivity contribution in [2.24, 2.45) is 0 Å². The van der Waals surface area contributed by atoms with E-state index in [1.54, 1.807) is 4.90 Å². The molecule has 0 N–H and O–H groups in total. The monoisotopic (exact) mass is 308 g/mol. The van der Waals surface area contributed by atoms with Crippen LogP contribution in [0.25, 0.3) is 0 Å². The van der Waals surface area contributed by atoms with Gasteiger partial charge in [0.2, 0.25) is 0 Å². The second-order valence-electron chi connectivity index (χ2n) is 4.78. The highest BCUT2D eigenvalue weighted by atomic mass is 19.4. The minimum atomic E-state index is -4.88. The number of halogens is 5. The first kappa shape index (κ1) is 15.7. The number of piperazine rings is 1. The summed E-state index contributed by atoms with van der Waals surface area (Å²) in [5, 5.41) is 0. The number of hydrogen-bond donors (Lipinski definition) is 0.